The van der Waals surface area contributed by atoms with Gasteiger partial charge >= 0.3 is 5.97 Å². The van der Waals surface area contributed by atoms with Crippen LogP contribution in [0.3, 0.4) is 0 Å². The van der Waals surface area contributed by atoms with Gasteiger partial charge in [-0.1, -0.05) is 20.3 Å². The third-order valence-electron chi connectivity index (χ3n) is 4.64. The summed E-state index contributed by atoms with van der Waals surface area (Å²) in [7, 11) is 0. The second kappa shape index (κ2) is 14.6. The van der Waals surface area contributed by atoms with Crippen LogP contribution in [-0.2, 0) is 24.0 Å². The molecule has 0 aromatic heterocycles. The lowest BCUT2D eigenvalue weighted by atomic mass is 9.99. The lowest BCUT2D eigenvalue weighted by molar-refractivity contribution is -0.142. The Morgan fingerprint density at radius 1 is 0.968 bits per heavy atom. The zero-order valence-corrected chi connectivity index (χ0v) is 18.7. The monoisotopic (exact) mass is 463 g/mol. The molecule has 31 heavy (non-hydrogen) atoms. The predicted molar refractivity (Wildman–Crippen MR) is 115 cm³/mol. The average molecular weight is 464 g/mol. The van der Waals surface area contributed by atoms with Crippen LogP contribution in [0.2, 0.25) is 0 Å². The Bertz CT molecular complexity index is 649. The van der Waals surface area contributed by atoms with Crippen LogP contribution in [0.4, 0.5) is 0 Å². The second-order valence-electron chi connectivity index (χ2n) is 7.07. The first kappa shape index (κ1) is 28.6. The molecule has 0 spiro atoms. The average Bonchev–Trinajstić information content (AvgIpc) is 2.72. The van der Waals surface area contributed by atoms with Crippen molar-refractivity contribution < 1.29 is 34.2 Å². The van der Waals surface area contributed by atoms with E-state index in [1.54, 1.807) is 13.2 Å². The van der Waals surface area contributed by atoms with Crippen molar-refractivity contribution in [2.45, 2.75) is 57.3 Å². The number of aliphatic hydroxyl groups excluding tert-OH is 1. The number of carbonyl (C=O) groups excluding carboxylic acids is 4. The first-order chi connectivity index (χ1) is 14.5. The number of rotatable bonds is 15. The summed E-state index contributed by atoms with van der Waals surface area (Å²) in [6, 6.07) is -5.06. The fourth-order valence-electron chi connectivity index (χ4n) is 2.42. The van der Waals surface area contributed by atoms with E-state index in [1.807, 2.05) is 6.92 Å². The number of hydrogen-bond acceptors (Lipinski definition) is 8. The fraction of sp³-hybridized carbons (Fsp3) is 0.722. The molecule has 0 aliphatic rings. The summed E-state index contributed by atoms with van der Waals surface area (Å²) in [4.78, 5) is 59.8. The lowest BCUT2D eigenvalue weighted by Crippen LogP contribution is -2.59. The largest absolute Gasteiger partial charge is 0.480 e. The molecule has 0 heterocycles. The van der Waals surface area contributed by atoms with Crippen molar-refractivity contribution in [3.63, 3.8) is 0 Å². The third-order valence-corrected chi connectivity index (χ3v) is 5.28. The SMILES string of the molecule is CCC(C)C(N)C(=O)NC(CC(N)=O)C(=O)NC(CO)C(=O)NC(CCSC)C(=O)O. The van der Waals surface area contributed by atoms with Crippen molar-refractivity contribution in [2.24, 2.45) is 17.4 Å². The molecule has 178 valence electrons. The lowest BCUT2D eigenvalue weighted by Gasteiger charge is -2.25. The Morgan fingerprint density at radius 3 is 1.94 bits per heavy atom. The van der Waals surface area contributed by atoms with Crippen molar-refractivity contribution in [3.8, 4) is 0 Å². The van der Waals surface area contributed by atoms with Crippen molar-refractivity contribution in [1.29, 1.82) is 0 Å². The summed E-state index contributed by atoms with van der Waals surface area (Å²) >= 11 is 1.39. The number of thioether (sulfide) groups is 1. The molecular formula is C18H33N5O7S. The minimum absolute atomic E-state index is 0.141. The number of carbonyl (C=O) groups is 5. The molecule has 0 aliphatic heterocycles. The zero-order valence-electron chi connectivity index (χ0n) is 17.9. The molecule has 0 radical (unpaired) electrons. The van der Waals surface area contributed by atoms with Gasteiger partial charge in [-0.05, 0) is 24.3 Å². The van der Waals surface area contributed by atoms with Gasteiger partial charge in [0.05, 0.1) is 19.1 Å². The molecular weight excluding hydrogens is 430 g/mol. The molecule has 0 aromatic carbocycles. The molecule has 0 saturated heterocycles. The fourth-order valence-corrected chi connectivity index (χ4v) is 2.89. The molecule has 4 amide bonds. The molecule has 12 nitrogen and oxygen atoms in total. The van der Waals surface area contributed by atoms with E-state index in [2.05, 4.69) is 16.0 Å². The topological polar surface area (TPSA) is 214 Å². The first-order valence-electron chi connectivity index (χ1n) is 9.75. The Hall–Kier alpha value is -2.38. The van der Waals surface area contributed by atoms with E-state index in [9.17, 15) is 34.2 Å². The number of nitrogens with two attached hydrogens (primary N) is 2. The van der Waals surface area contributed by atoms with Gasteiger partial charge in [0.1, 0.15) is 18.1 Å². The van der Waals surface area contributed by atoms with E-state index in [4.69, 9.17) is 11.5 Å². The van der Waals surface area contributed by atoms with E-state index >= 15 is 0 Å². The summed E-state index contributed by atoms with van der Waals surface area (Å²) in [6.07, 6.45) is 1.96. The van der Waals surface area contributed by atoms with Gasteiger partial charge in [0.2, 0.25) is 23.6 Å². The van der Waals surface area contributed by atoms with Gasteiger partial charge in [0.25, 0.3) is 0 Å². The maximum atomic E-state index is 12.6. The van der Waals surface area contributed by atoms with Gasteiger partial charge in [-0.2, -0.15) is 11.8 Å². The van der Waals surface area contributed by atoms with E-state index in [-0.39, 0.29) is 12.3 Å². The van der Waals surface area contributed by atoms with Gasteiger partial charge in [0.15, 0.2) is 0 Å². The molecule has 0 saturated carbocycles. The smallest absolute Gasteiger partial charge is 0.326 e. The van der Waals surface area contributed by atoms with Crippen LogP contribution in [0, 0.1) is 5.92 Å². The Morgan fingerprint density at radius 2 is 1.48 bits per heavy atom. The van der Waals surface area contributed by atoms with Crippen LogP contribution in [0.1, 0.15) is 33.1 Å². The quantitative estimate of drug-likeness (QED) is 0.137. The standard InChI is InChI=1S/C18H33N5O7S/c1-4-9(2)14(20)17(28)22-11(7-13(19)25)15(26)23-12(8-24)16(27)21-10(18(29)30)5-6-31-3/h9-12,14,24H,4-8,20H2,1-3H3,(H2,19,25)(H,21,27)(H,22,28)(H,23,26)(H,29,30). The van der Waals surface area contributed by atoms with E-state index in [0.29, 0.717) is 12.2 Å². The maximum absolute atomic E-state index is 12.6. The number of carboxylic acid groups (broad SMARTS) is 1. The minimum Gasteiger partial charge on any atom is -0.480 e. The second-order valence-corrected chi connectivity index (χ2v) is 8.05. The number of carboxylic acids is 1. The van der Waals surface area contributed by atoms with Gasteiger partial charge < -0.3 is 37.6 Å². The van der Waals surface area contributed by atoms with Crippen molar-refractivity contribution in [1.82, 2.24) is 16.0 Å². The highest BCUT2D eigenvalue weighted by Gasteiger charge is 2.31. The van der Waals surface area contributed by atoms with Crippen LogP contribution < -0.4 is 27.4 Å². The van der Waals surface area contributed by atoms with Gasteiger partial charge in [-0.15, -0.1) is 0 Å². The first-order valence-corrected chi connectivity index (χ1v) is 11.1. The van der Waals surface area contributed by atoms with Crippen molar-refractivity contribution in [3.05, 3.63) is 0 Å². The summed E-state index contributed by atoms with van der Waals surface area (Å²) in [5.74, 6) is -4.42. The molecule has 13 heteroatoms. The van der Waals surface area contributed by atoms with Crippen LogP contribution in [0.5, 0.6) is 0 Å². The number of aliphatic carboxylic acids is 1. The van der Waals surface area contributed by atoms with E-state index in [1.165, 1.54) is 11.8 Å². The van der Waals surface area contributed by atoms with Crippen LogP contribution in [0.25, 0.3) is 0 Å². The van der Waals surface area contributed by atoms with Gasteiger partial charge in [-0.3, -0.25) is 19.2 Å². The zero-order chi connectivity index (χ0) is 24.1. The Labute approximate surface area is 185 Å². The maximum Gasteiger partial charge on any atom is 0.326 e. The molecule has 5 unspecified atom stereocenters. The highest BCUT2D eigenvalue weighted by molar-refractivity contribution is 7.98. The predicted octanol–water partition coefficient (Wildman–Crippen LogP) is -2.48. The highest BCUT2D eigenvalue weighted by atomic mass is 32.2. The molecule has 0 aromatic rings. The minimum atomic E-state index is -1.50. The number of amides is 4. The summed E-state index contributed by atoms with van der Waals surface area (Å²) < 4.78 is 0. The molecule has 9 N–H and O–H groups in total. The summed E-state index contributed by atoms with van der Waals surface area (Å²) in [5, 5.41) is 25.5. The Balaban J connectivity index is 5.25. The van der Waals surface area contributed by atoms with Crippen molar-refractivity contribution >= 4 is 41.4 Å². The van der Waals surface area contributed by atoms with Crippen LogP contribution in [-0.4, -0.2) is 82.6 Å². The summed E-state index contributed by atoms with van der Waals surface area (Å²) in [5.41, 5.74) is 11.0. The molecule has 0 aliphatic carbocycles. The normalized spacial score (nSPS) is 15.6. The van der Waals surface area contributed by atoms with Crippen molar-refractivity contribution in [2.75, 3.05) is 18.6 Å². The highest BCUT2D eigenvalue weighted by Crippen LogP contribution is 2.06. The number of aliphatic hydroxyl groups is 1. The summed E-state index contributed by atoms with van der Waals surface area (Å²) in [6.45, 7) is 2.74. The number of nitrogens with one attached hydrogen (secondary N) is 3. The molecule has 0 bridgehead atoms. The van der Waals surface area contributed by atoms with Crippen LogP contribution >= 0.6 is 11.8 Å². The van der Waals surface area contributed by atoms with Crippen LogP contribution in [0.15, 0.2) is 0 Å². The Kier molecular flexibility index (Phi) is 13.5. The number of hydrogen-bond donors (Lipinski definition) is 7. The molecule has 0 fully saturated rings. The third kappa shape index (κ3) is 10.5. The van der Waals surface area contributed by atoms with Gasteiger partial charge in [-0.25, -0.2) is 4.79 Å². The van der Waals surface area contributed by atoms with E-state index in [0.717, 1.165) is 0 Å². The van der Waals surface area contributed by atoms with Gasteiger partial charge in [0, 0.05) is 0 Å². The molecule has 0 rings (SSSR count). The van der Waals surface area contributed by atoms with E-state index < -0.39 is 66.8 Å². The number of primary amides is 1. The molecule has 5 atom stereocenters.